The Morgan fingerprint density at radius 1 is 1.00 bits per heavy atom. The van der Waals surface area contributed by atoms with Crippen molar-refractivity contribution in [2.75, 3.05) is 16.6 Å². The maximum atomic E-state index is 13.5. The Kier molecular flexibility index (Phi) is 3.42. The van der Waals surface area contributed by atoms with Crippen molar-refractivity contribution in [2.45, 2.75) is 19.0 Å². The predicted octanol–water partition coefficient (Wildman–Crippen LogP) is 2.39. The molecule has 6 rings (SSSR count). The van der Waals surface area contributed by atoms with Crippen LogP contribution in [0.25, 0.3) is 6.08 Å². The minimum atomic E-state index is -0.721. The number of amides is 2. The number of ketones is 1. The number of imide groups is 1. The van der Waals surface area contributed by atoms with E-state index in [4.69, 9.17) is 9.47 Å². The lowest BCUT2D eigenvalue weighted by Gasteiger charge is -2.36. The second-order valence-electron chi connectivity index (χ2n) is 7.97. The van der Waals surface area contributed by atoms with Crippen molar-refractivity contribution in [2.24, 2.45) is 11.8 Å². The molecule has 2 saturated heterocycles. The highest BCUT2D eigenvalue weighted by Crippen LogP contribution is 2.49. The maximum absolute atomic E-state index is 13.5. The molecule has 0 unspecified atom stereocenters. The van der Waals surface area contributed by atoms with Gasteiger partial charge in [-0.05, 0) is 30.7 Å². The molecule has 0 aromatic heterocycles. The Balaban J connectivity index is 1.45. The van der Waals surface area contributed by atoms with Crippen LogP contribution >= 0.6 is 0 Å². The zero-order chi connectivity index (χ0) is 20.6. The van der Waals surface area contributed by atoms with Gasteiger partial charge in [-0.15, -0.1) is 0 Å². The summed E-state index contributed by atoms with van der Waals surface area (Å²) in [7, 11) is 0. The van der Waals surface area contributed by atoms with Crippen molar-refractivity contribution in [1.82, 2.24) is 0 Å². The largest absolute Gasteiger partial charge is 0.454 e. The highest BCUT2D eigenvalue weighted by atomic mass is 16.7. The van der Waals surface area contributed by atoms with Crippen LogP contribution in [0.2, 0.25) is 0 Å². The van der Waals surface area contributed by atoms with Crippen LogP contribution in [0.5, 0.6) is 11.5 Å². The summed E-state index contributed by atoms with van der Waals surface area (Å²) in [5.74, 6) is -0.996. The molecule has 0 spiro atoms. The van der Waals surface area contributed by atoms with Gasteiger partial charge in [0.25, 0.3) is 0 Å². The maximum Gasteiger partial charge on any atom is 0.240 e. The van der Waals surface area contributed by atoms with Gasteiger partial charge >= 0.3 is 0 Å². The van der Waals surface area contributed by atoms with Crippen LogP contribution in [-0.2, 0) is 14.4 Å². The minimum absolute atomic E-state index is 0.111. The van der Waals surface area contributed by atoms with E-state index < -0.39 is 17.9 Å². The highest BCUT2D eigenvalue weighted by molar-refractivity contribution is 6.25. The number of hydrogen-bond donors (Lipinski definition) is 0. The summed E-state index contributed by atoms with van der Waals surface area (Å²) in [6, 6.07) is 11.7. The van der Waals surface area contributed by atoms with Crippen molar-refractivity contribution in [1.29, 1.82) is 0 Å². The summed E-state index contributed by atoms with van der Waals surface area (Å²) in [5, 5.41) is 0. The van der Waals surface area contributed by atoms with Crippen LogP contribution < -0.4 is 19.3 Å². The number of ether oxygens (including phenoxy) is 2. The first kappa shape index (κ1) is 17.3. The summed E-state index contributed by atoms with van der Waals surface area (Å²) in [6.45, 7) is 1.60. The van der Waals surface area contributed by atoms with Gasteiger partial charge in [-0.25, -0.2) is 4.90 Å². The third-order valence-corrected chi connectivity index (χ3v) is 6.45. The first-order chi connectivity index (χ1) is 14.6. The number of anilines is 2. The van der Waals surface area contributed by atoms with E-state index in [2.05, 4.69) is 0 Å². The van der Waals surface area contributed by atoms with Crippen LogP contribution in [0.1, 0.15) is 12.5 Å². The van der Waals surface area contributed by atoms with Gasteiger partial charge in [0.15, 0.2) is 17.3 Å². The van der Waals surface area contributed by atoms with Gasteiger partial charge in [0.2, 0.25) is 18.6 Å². The predicted molar refractivity (Wildman–Crippen MR) is 108 cm³/mol. The van der Waals surface area contributed by atoms with E-state index >= 15 is 0 Å². The lowest BCUT2D eigenvalue weighted by atomic mass is 9.88. The third-order valence-electron chi connectivity index (χ3n) is 6.45. The monoisotopic (exact) mass is 402 g/mol. The SMILES string of the molecule is CC(=O)[C@H]1[C@H]2C(=O)N(c3ccc4c(c3)OCO4)C(=O)[C@@H]2[C@@H]2C=Cc3ccccc3N21. The van der Waals surface area contributed by atoms with Gasteiger partial charge in [0, 0.05) is 11.8 Å². The summed E-state index contributed by atoms with van der Waals surface area (Å²) < 4.78 is 10.7. The molecule has 4 atom stereocenters. The molecule has 2 amide bonds. The van der Waals surface area contributed by atoms with Gasteiger partial charge in [0.1, 0.15) is 6.04 Å². The number of rotatable bonds is 2. The van der Waals surface area contributed by atoms with Gasteiger partial charge < -0.3 is 14.4 Å². The van der Waals surface area contributed by atoms with E-state index in [9.17, 15) is 14.4 Å². The molecular weight excluding hydrogens is 384 g/mol. The second-order valence-corrected chi connectivity index (χ2v) is 7.97. The smallest absolute Gasteiger partial charge is 0.240 e. The first-order valence-electron chi connectivity index (χ1n) is 9.90. The number of hydrogen-bond acceptors (Lipinski definition) is 6. The third kappa shape index (κ3) is 2.12. The van der Waals surface area contributed by atoms with Crippen molar-refractivity contribution in [3.63, 3.8) is 0 Å². The van der Waals surface area contributed by atoms with E-state index in [1.165, 1.54) is 11.8 Å². The molecule has 0 aliphatic carbocycles. The fraction of sp³-hybridized carbons (Fsp3) is 0.261. The fourth-order valence-corrected chi connectivity index (χ4v) is 5.25. The summed E-state index contributed by atoms with van der Waals surface area (Å²) in [6.07, 6.45) is 3.91. The van der Waals surface area contributed by atoms with Gasteiger partial charge in [0.05, 0.1) is 23.6 Å². The van der Waals surface area contributed by atoms with Gasteiger partial charge in [-0.2, -0.15) is 0 Å². The van der Waals surface area contributed by atoms with Crippen molar-refractivity contribution in [3.05, 3.63) is 54.1 Å². The summed E-state index contributed by atoms with van der Waals surface area (Å²) in [5.41, 5.74) is 2.31. The molecule has 0 N–H and O–H groups in total. The molecule has 7 nitrogen and oxygen atoms in total. The van der Waals surface area contributed by atoms with Crippen LogP contribution in [0.4, 0.5) is 11.4 Å². The quantitative estimate of drug-likeness (QED) is 0.718. The van der Waals surface area contributed by atoms with E-state index in [0.717, 1.165) is 11.3 Å². The van der Waals surface area contributed by atoms with E-state index in [0.29, 0.717) is 17.2 Å². The Morgan fingerprint density at radius 2 is 1.77 bits per heavy atom. The van der Waals surface area contributed by atoms with Crippen molar-refractivity contribution >= 4 is 35.0 Å². The molecule has 0 radical (unpaired) electrons. The van der Waals surface area contributed by atoms with Crippen LogP contribution in [-0.4, -0.2) is 36.5 Å². The van der Waals surface area contributed by atoms with E-state index in [1.54, 1.807) is 18.2 Å². The molecule has 2 fully saturated rings. The van der Waals surface area contributed by atoms with Gasteiger partial charge in [-0.3, -0.25) is 14.4 Å². The molecule has 150 valence electrons. The molecule has 2 aromatic rings. The second kappa shape index (κ2) is 5.95. The molecule has 7 heteroatoms. The highest BCUT2D eigenvalue weighted by Gasteiger charge is 2.63. The lowest BCUT2D eigenvalue weighted by molar-refractivity contribution is -0.126. The fourth-order valence-electron chi connectivity index (χ4n) is 5.25. The molecule has 4 aliphatic rings. The number of para-hydroxylation sites is 1. The Bertz CT molecular complexity index is 1160. The molecule has 4 heterocycles. The first-order valence-corrected chi connectivity index (χ1v) is 9.90. The summed E-state index contributed by atoms with van der Waals surface area (Å²) >= 11 is 0. The molecule has 0 saturated carbocycles. The van der Waals surface area contributed by atoms with E-state index in [-0.39, 0.29) is 30.4 Å². The molecule has 0 bridgehead atoms. The number of benzene rings is 2. The lowest BCUT2D eigenvalue weighted by Crippen LogP contribution is -2.48. The number of Topliss-reactive ketones (excluding diaryl/α,β-unsaturated/α-hetero) is 1. The van der Waals surface area contributed by atoms with Crippen LogP contribution in [0.3, 0.4) is 0 Å². The Labute approximate surface area is 172 Å². The summed E-state index contributed by atoms with van der Waals surface area (Å²) in [4.78, 5) is 42.9. The van der Waals surface area contributed by atoms with Crippen LogP contribution in [0, 0.1) is 11.8 Å². The number of fused-ring (bicyclic) bond motifs is 6. The van der Waals surface area contributed by atoms with E-state index in [1.807, 2.05) is 41.3 Å². The normalized spacial score (nSPS) is 27.9. The zero-order valence-corrected chi connectivity index (χ0v) is 16.1. The number of carbonyl (C=O) groups excluding carboxylic acids is 3. The molecule has 4 aliphatic heterocycles. The Morgan fingerprint density at radius 3 is 2.60 bits per heavy atom. The molecule has 30 heavy (non-hydrogen) atoms. The topological polar surface area (TPSA) is 76.1 Å². The Hall–Kier alpha value is -3.61. The minimum Gasteiger partial charge on any atom is -0.454 e. The van der Waals surface area contributed by atoms with Crippen LogP contribution in [0.15, 0.2) is 48.5 Å². The van der Waals surface area contributed by atoms with Crippen molar-refractivity contribution < 1.29 is 23.9 Å². The average molecular weight is 402 g/mol. The standard InChI is InChI=1S/C23H18N2O5/c1-12(26)21-20-19(16-8-6-13-4-2-3-5-15(13)25(16)21)22(27)24(23(20)28)14-7-9-17-18(10-14)30-11-29-17/h2-10,16,19-21H,11H2,1H3/t16-,19+,20-,21-/m0/s1. The van der Waals surface area contributed by atoms with Crippen molar-refractivity contribution in [3.8, 4) is 11.5 Å². The molecule has 2 aromatic carbocycles. The average Bonchev–Trinajstić information content (AvgIpc) is 3.41. The number of nitrogens with zero attached hydrogens (tertiary/aromatic N) is 2. The van der Waals surface area contributed by atoms with Gasteiger partial charge in [-0.1, -0.05) is 30.4 Å². The zero-order valence-electron chi connectivity index (χ0n) is 16.1. The number of carbonyl (C=O) groups is 3. The molecular formula is C23H18N2O5.